The van der Waals surface area contributed by atoms with E-state index in [1.165, 1.54) is 0 Å². The summed E-state index contributed by atoms with van der Waals surface area (Å²) in [5.74, 6) is 0. The van der Waals surface area contributed by atoms with Crippen molar-refractivity contribution in [2.24, 2.45) is 5.73 Å². The molecule has 1 aromatic heterocycles. The predicted octanol–water partition coefficient (Wildman–Crippen LogP) is 1.61. The summed E-state index contributed by atoms with van der Waals surface area (Å²) < 4.78 is 2.63. The number of hydrogen-bond acceptors (Lipinski definition) is 2. The van der Waals surface area contributed by atoms with Gasteiger partial charge in [0.15, 0.2) is 0 Å². The van der Waals surface area contributed by atoms with Gasteiger partial charge in [0.25, 0.3) is 0 Å². The molecule has 0 radical (unpaired) electrons. The Morgan fingerprint density at radius 1 is 1.60 bits per heavy atom. The lowest BCUT2D eigenvalue weighted by Gasteiger charge is -2.10. The Morgan fingerprint density at radius 2 is 2.33 bits per heavy atom. The highest BCUT2D eigenvalue weighted by Gasteiger charge is 2.11. The number of aromatic nitrogens is 2. The van der Waals surface area contributed by atoms with Crippen LogP contribution in [-0.4, -0.2) is 16.1 Å². The first-order chi connectivity index (χ1) is 7.13. The monoisotopic (exact) mass is 269 g/mol. The molecule has 0 spiro atoms. The third-order valence-electron chi connectivity index (χ3n) is 2.46. The number of H-pyrrole nitrogens is 1. The molecule has 0 amide bonds. The van der Waals surface area contributed by atoms with Crippen LogP contribution in [0.3, 0.4) is 0 Å². The second-order valence-electron chi connectivity index (χ2n) is 3.55. The molecule has 1 heterocycles. The van der Waals surface area contributed by atoms with Crippen LogP contribution in [0.4, 0.5) is 0 Å². The Bertz CT molecular complexity index is 543. The van der Waals surface area contributed by atoms with Gasteiger partial charge in [0, 0.05) is 17.1 Å². The fourth-order valence-electron chi connectivity index (χ4n) is 1.65. The number of benzene rings is 1. The molecule has 0 aliphatic carbocycles. The molecule has 0 saturated carbocycles. The van der Waals surface area contributed by atoms with Gasteiger partial charge in [-0.15, -0.1) is 0 Å². The van der Waals surface area contributed by atoms with Gasteiger partial charge in [0.1, 0.15) is 0 Å². The molecule has 0 aliphatic rings. The molecule has 5 heteroatoms. The molecule has 80 valence electrons. The van der Waals surface area contributed by atoms with E-state index < -0.39 is 0 Å². The van der Waals surface area contributed by atoms with E-state index in [1.54, 1.807) is 4.57 Å². The minimum absolute atomic E-state index is 0.00688. The highest BCUT2D eigenvalue weighted by Crippen LogP contribution is 2.19. The first kappa shape index (κ1) is 10.4. The number of rotatable bonds is 2. The topological polar surface area (TPSA) is 63.8 Å². The molecule has 1 unspecified atom stereocenters. The molecule has 15 heavy (non-hydrogen) atoms. The summed E-state index contributed by atoms with van der Waals surface area (Å²) in [6.07, 6.45) is 0. The van der Waals surface area contributed by atoms with Gasteiger partial charge in [0.05, 0.1) is 11.0 Å². The van der Waals surface area contributed by atoms with E-state index in [9.17, 15) is 4.79 Å². The summed E-state index contributed by atoms with van der Waals surface area (Å²) in [5, 5.41) is 0. The lowest BCUT2D eigenvalue weighted by molar-refractivity contribution is 0.557. The van der Waals surface area contributed by atoms with Crippen molar-refractivity contribution in [1.82, 2.24) is 9.55 Å². The van der Waals surface area contributed by atoms with Crippen molar-refractivity contribution in [1.29, 1.82) is 0 Å². The SMILES string of the molecule is CC(CN)n1c(=O)[nH]c2cc(Br)ccc21. The molecule has 0 aliphatic heterocycles. The summed E-state index contributed by atoms with van der Waals surface area (Å²) in [5.41, 5.74) is 7.18. The number of nitrogens with zero attached hydrogens (tertiary/aromatic N) is 1. The van der Waals surface area contributed by atoms with Crippen molar-refractivity contribution in [2.75, 3.05) is 6.54 Å². The Morgan fingerprint density at radius 3 is 3.00 bits per heavy atom. The zero-order valence-electron chi connectivity index (χ0n) is 8.33. The van der Waals surface area contributed by atoms with Gasteiger partial charge in [-0.1, -0.05) is 15.9 Å². The number of nitrogens with one attached hydrogen (secondary N) is 1. The molecule has 0 saturated heterocycles. The van der Waals surface area contributed by atoms with E-state index in [-0.39, 0.29) is 11.7 Å². The maximum atomic E-state index is 11.7. The van der Waals surface area contributed by atoms with E-state index in [0.29, 0.717) is 6.54 Å². The van der Waals surface area contributed by atoms with Gasteiger partial charge in [-0.2, -0.15) is 0 Å². The van der Waals surface area contributed by atoms with Crippen LogP contribution in [0.15, 0.2) is 27.5 Å². The molecular weight excluding hydrogens is 258 g/mol. The smallest absolute Gasteiger partial charge is 0.326 e. The minimum Gasteiger partial charge on any atom is -0.328 e. The van der Waals surface area contributed by atoms with Gasteiger partial charge >= 0.3 is 5.69 Å². The highest BCUT2D eigenvalue weighted by atomic mass is 79.9. The highest BCUT2D eigenvalue weighted by molar-refractivity contribution is 9.10. The van der Waals surface area contributed by atoms with E-state index in [4.69, 9.17) is 5.73 Å². The number of nitrogens with two attached hydrogens (primary N) is 1. The number of fused-ring (bicyclic) bond motifs is 1. The van der Waals surface area contributed by atoms with E-state index >= 15 is 0 Å². The van der Waals surface area contributed by atoms with Crippen LogP contribution in [0.25, 0.3) is 11.0 Å². The lowest BCUT2D eigenvalue weighted by atomic mass is 10.3. The Balaban J connectivity index is 2.74. The first-order valence-electron chi connectivity index (χ1n) is 4.73. The maximum absolute atomic E-state index is 11.7. The van der Waals surface area contributed by atoms with Crippen LogP contribution in [0.2, 0.25) is 0 Å². The predicted molar refractivity (Wildman–Crippen MR) is 64.0 cm³/mol. The molecule has 1 atom stereocenters. The number of aromatic amines is 1. The Kier molecular flexibility index (Phi) is 2.67. The van der Waals surface area contributed by atoms with Crippen molar-refractivity contribution in [2.45, 2.75) is 13.0 Å². The Hall–Kier alpha value is -1.07. The van der Waals surface area contributed by atoms with Crippen LogP contribution in [-0.2, 0) is 0 Å². The van der Waals surface area contributed by atoms with Crippen molar-refractivity contribution < 1.29 is 0 Å². The number of hydrogen-bond donors (Lipinski definition) is 2. The van der Waals surface area contributed by atoms with Gasteiger partial charge in [-0.3, -0.25) is 4.57 Å². The minimum atomic E-state index is -0.110. The zero-order valence-corrected chi connectivity index (χ0v) is 9.91. The summed E-state index contributed by atoms with van der Waals surface area (Å²) in [6.45, 7) is 2.37. The van der Waals surface area contributed by atoms with Gasteiger partial charge in [0.2, 0.25) is 0 Å². The van der Waals surface area contributed by atoms with E-state index in [2.05, 4.69) is 20.9 Å². The number of halogens is 1. The summed E-state index contributed by atoms with van der Waals surface area (Å²) in [6, 6.07) is 5.71. The maximum Gasteiger partial charge on any atom is 0.326 e. The van der Waals surface area contributed by atoms with Crippen LogP contribution >= 0.6 is 15.9 Å². The quantitative estimate of drug-likeness (QED) is 0.870. The van der Waals surface area contributed by atoms with Crippen LogP contribution < -0.4 is 11.4 Å². The Labute approximate surface area is 95.2 Å². The third kappa shape index (κ3) is 1.72. The fraction of sp³-hybridized carbons (Fsp3) is 0.300. The average molecular weight is 270 g/mol. The molecule has 2 aromatic rings. The van der Waals surface area contributed by atoms with E-state index in [1.807, 2.05) is 25.1 Å². The van der Waals surface area contributed by atoms with Crippen molar-refractivity contribution in [3.8, 4) is 0 Å². The summed E-state index contributed by atoms with van der Waals surface area (Å²) in [4.78, 5) is 14.5. The van der Waals surface area contributed by atoms with E-state index in [0.717, 1.165) is 15.5 Å². The van der Waals surface area contributed by atoms with Crippen LogP contribution in [0, 0.1) is 0 Å². The van der Waals surface area contributed by atoms with Crippen LogP contribution in [0.1, 0.15) is 13.0 Å². The lowest BCUT2D eigenvalue weighted by Crippen LogP contribution is -2.25. The molecule has 0 fully saturated rings. The molecule has 3 N–H and O–H groups in total. The summed E-state index contributed by atoms with van der Waals surface area (Å²) in [7, 11) is 0. The largest absolute Gasteiger partial charge is 0.328 e. The van der Waals surface area contributed by atoms with Crippen molar-refractivity contribution >= 4 is 27.0 Å². The molecule has 4 nitrogen and oxygen atoms in total. The molecule has 0 bridgehead atoms. The first-order valence-corrected chi connectivity index (χ1v) is 5.52. The number of imidazole rings is 1. The second kappa shape index (κ2) is 3.83. The average Bonchev–Trinajstić information content (AvgIpc) is 2.52. The molecule has 1 aromatic carbocycles. The van der Waals surface area contributed by atoms with Crippen LogP contribution in [0.5, 0.6) is 0 Å². The van der Waals surface area contributed by atoms with Gasteiger partial charge in [-0.25, -0.2) is 4.79 Å². The standard InChI is InChI=1S/C10H12BrN3O/c1-6(5-12)14-9-3-2-7(11)4-8(9)13-10(14)15/h2-4,6H,5,12H2,1H3,(H,13,15). The molecular formula is C10H12BrN3O. The molecule has 2 rings (SSSR count). The van der Waals surface area contributed by atoms with Gasteiger partial charge < -0.3 is 10.7 Å². The van der Waals surface area contributed by atoms with Gasteiger partial charge in [-0.05, 0) is 25.1 Å². The normalized spacial score (nSPS) is 13.3. The van der Waals surface area contributed by atoms with Crippen molar-refractivity contribution in [3.05, 3.63) is 33.2 Å². The fourth-order valence-corrected chi connectivity index (χ4v) is 2.01. The summed E-state index contributed by atoms with van der Waals surface area (Å²) >= 11 is 3.36. The zero-order chi connectivity index (χ0) is 11.0. The van der Waals surface area contributed by atoms with Crippen molar-refractivity contribution in [3.63, 3.8) is 0 Å². The second-order valence-corrected chi connectivity index (χ2v) is 4.46. The third-order valence-corrected chi connectivity index (χ3v) is 2.95.